The number of ether oxygens (including phenoxy) is 1. The van der Waals surface area contributed by atoms with Crippen LogP contribution in [0, 0.1) is 5.92 Å². The number of hydrogen-bond acceptors (Lipinski definition) is 4. The van der Waals surface area contributed by atoms with E-state index in [2.05, 4.69) is 10.6 Å². The van der Waals surface area contributed by atoms with E-state index in [9.17, 15) is 14.4 Å². The highest BCUT2D eigenvalue weighted by Gasteiger charge is 2.24. The number of nitrogens with one attached hydrogen (secondary N) is 2. The molecule has 1 atom stereocenters. The zero-order valence-corrected chi connectivity index (χ0v) is 17.2. The lowest BCUT2D eigenvalue weighted by Crippen LogP contribution is -2.43. The van der Waals surface area contributed by atoms with Gasteiger partial charge in [0, 0.05) is 17.1 Å². The van der Waals surface area contributed by atoms with Gasteiger partial charge in [-0.25, -0.2) is 4.79 Å². The summed E-state index contributed by atoms with van der Waals surface area (Å²) in [6.07, 6.45) is 0.393. The van der Waals surface area contributed by atoms with Gasteiger partial charge in [0.05, 0.1) is 0 Å². The van der Waals surface area contributed by atoms with Crippen LogP contribution >= 0.6 is 11.6 Å². The minimum Gasteiger partial charge on any atom is -0.454 e. The smallest absolute Gasteiger partial charge is 0.329 e. The Morgan fingerprint density at radius 2 is 1.66 bits per heavy atom. The van der Waals surface area contributed by atoms with Gasteiger partial charge in [-0.3, -0.25) is 9.59 Å². The van der Waals surface area contributed by atoms with Crippen LogP contribution in [0.25, 0.3) is 0 Å². The highest BCUT2D eigenvalue weighted by molar-refractivity contribution is 6.30. The Labute approximate surface area is 175 Å². The summed E-state index contributed by atoms with van der Waals surface area (Å²) in [4.78, 5) is 36.8. The molecule has 2 N–H and O–H groups in total. The highest BCUT2D eigenvalue weighted by Crippen LogP contribution is 2.11. The summed E-state index contributed by atoms with van der Waals surface area (Å²) in [6, 6.07) is 14.9. The van der Waals surface area contributed by atoms with E-state index in [1.54, 1.807) is 24.3 Å². The fourth-order valence-electron chi connectivity index (χ4n) is 2.61. The van der Waals surface area contributed by atoms with Gasteiger partial charge in [0.1, 0.15) is 6.04 Å². The average molecular weight is 417 g/mol. The molecule has 154 valence electrons. The predicted octanol–water partition coefficient (Wildman–Crippen LogP) is 3.34. The van der Waals surface area contributed by atoms with Crippen LogP contribution in [0.3, 0.4) is 0 Å². The zero-order valence-electron chi connectivity index (χ0n) is 16.5. The maximum Gasteiger partial charge on any atom is 0.329 e. The summed E-state index contributed by atoms with van der Waals surface area (Å²) < 4.78 is 5.12. The molecule has 29 heavy (non-hydrogen) atoms. The molecule has 0 saturated carbocycles. The van der Waals surface area contributed by atoms with Gasteiger partial charge >= 0.3 is 5.97 Å². The zero-order chi connectivity index (χ0) is 21.2. The summed E-state index contributed by atoms with van der Waals surface area (Å²) in [5, 5.41) is 5.88. The Balaban J connectivity index is 1.87. The van der Waals surface area contributed by atoms with E-state index in [4.69, 9.17) is 16.3 Å². The van der Waals surface area contributed by atoms with E-state index in [1.807, 2.05) is 44.2 Å². The maximum absolute atomic E-state index is 12.4. The molecule has 0 aliphatic carbocycles. The van der Waals surface area contributed by atoms with E-state index in [0.717, 1.165) is 5.56 Å². The number of benzene rings is 2. The van der Waals surface area contributed by atoms with Crippen molar-refractivity contribution >= 4 is 29.4 Å². The molecule has 7 heteroatoms. The molecular formula is C22H25ClN2O4. The standard InChI is InChI=1S/C22H25ClN2O4/c1-15(2)12-19(25-21(27)17-8-10-18(23)11-9-17)22(28)29-14-20(26)24-13-16-6-4-3-5-7-16/h3-11,15,19H,12-14H2,1-2H3,(H,24,26)(H,25,27). The second-order valence-electron chi connectivity index (χ2n) is 7.03. The van der Waals surface area contributed by atoms with E-state index in [0.29, 0.717) is 23.6 Å². The molecule has 0 aliphatic rings. The fraction of sp³-hybridized carbons (Fsp3) is 0.318. The molecule has 2 rings (SSSR count). The highest BCUT2D eigenvalue weighted by atomic mass is 35.5. The van der Waals surface area contributed by atoms with Crippen LogP contribution in [0.5, 0.6) is 0 Å². The summed E-state index contributed by atoms with van der Waals surface area (Å²) in [7, 11) is 0. The summed E-state index contributed by atoms with van der Waals surface area (Å²) in [5.41, 5.74) is 1.33. The third kappa shape index (κ3) is 7.95. The van der Waals surface area contributed by atoms with Crippen molar-refractivity contribution in [3.05, 3.63) is 70.7 Å². The third-order valence-corrected chi connectivity index (χ3v) is 4.33. The van der Waals surface area contributed by atoms with Crippen molar-refractivity contribution in [3.8, 4) is 0 Å². The van der Waals surface area contributed by atoms with Gasteiger partial charge in [0.25, 0.3) is 11.8 Å². The first-order valence-electron chi connectivity index (χ1n) is 9.39. The van der Waals surface area contributed by atoms with Crippen LogP contribution in [0.2, 0.25) is 5.02 Å². The molecule has 0 aromatic heterocycles. The third-order valence-electron chi connectivity index (χ3n) is 4.08. The summed E-state index contributed by atoms with van der Waals surface area (Å²) in [6.45, 7) is 3.81. The number of halogens is 1. The Morgan fingerprint density at radius 1 is 1.00 bits per heavy atom. The number of hydrogen-bond donors (Lipinski definition) is 2. The van der Waals surface area contributed by atoms with Crippen LogP contribution in [-0.2, 0) is 20.9 Å². The number of rotatable bonds is 9. The lowest BCUT2D eigenvalue weighted by atomic mass is 10.0. The van der Waals surface area contributed by atoms with Gasteiger partial charge in [-0.1, -0.05) is 55.8 Å². The van der Waals surface area contributed by atoms with Gasteiger partial charge in [-0.15, -0.1) is 0 Å². The van der Waals surface area contributed by atoms with Crippen molar-refractivity contribution in [3.63, 3.8) is 0 Å². The molecule has 2 aromatic carbocycles. The number of amides is 2. The average Bonchev–Trinajstić information content (AvgIpc) is 2.70. The molecule has 0 aliphatic heterocycles. The second kappa shape index (κ2) is 11.2. The lowest BCUT2D eigenvalue weighted by Gasteiger charge is -2.19. The van der Waals surface area contributed by atoms with Crippen LogP contribution in [0.4, 0.5) is 0 Å². The molecule has 0 bridgehead atoms. The van der Waals surface area contributed by atoms with Crippen molar-refractivity contribution < 1.29 is 19.1 Å². The van der Waals surface area contributed by atoms with Crippen molar-refractivity contribution in [1.29, 1.82) is 0 Å². The first-order valence-corrected chi connectivity index (χ1v) is 9.76. The van der Waals surface area contributed by atoms with Gasteiger partial charge < -0.3 is 15.4 Å². The van der Waals surface area contributed by atoms with Crippen molar-refractivity contribution in [2.45, 2.75) is 32.9 Å². The number of carbonyl (C=O) groups is 3. The fourth-order valence-corrected chi connectivity index (χ4v) is 2.74. The Kier molecular flexibility index (Phi) is 8.68. The topological polar surface area (TPSA) is 84.5 Å². The van der Waals surface area contributed by atoms with E-state index < -0.39 is 30.4 Å². The molecule has 2 amide bonds. The van der Waals surface area contributed by atoms with Crippen LogP contribution in [-0.4, -0.2) is 30.4 Å². The molecule has 1 unspecified atom stereocenters. The minimum absolute atomic E-state index is 0.143. The quantitative estimate of drug-likeness (QED) is 0.614. The van der Waals surface area contributed by atoms with E-state index in [-0.39, 0.29) is 5.92 Å². The van der Waals surface area contributed by atoms with Crippen LogP contribution in [0.15, 0.2) is 54.6 Å². The van der Waals surface area contributed by atoms with E-state index in [1.165, 1.54) is 0 Å². The Hall–Kier alpha value is -2.86. The first kappa shape index (κ1) is 22.4. The molecule has 2 aromatic rings. The second-order valence-corrected chi connectivity index (χ2v) is 7.47. The van der Waals surface area contributed by atoms with E-state index >= 15 is 0 Å². The van der Waals surface area contributed by atoms with Gasteiger partial charge in [-0.05, 0) is 42.2 Å². The van der Waals surface area contributed by atoms with Crippen molar-refractivity contribution in [2.75, 3.05) is 6.61 Å². The minimum atomic E-state index is -0.847. The van der Waals surface area contributed by atoms with Gasteiger partial charge in [0.2, 0.25) is 0 Å². The largest absolute Gasteiger partial charge is 0.454 e. The summed E-state index contributed by atoms with van der Waals surface area (Å²) in [5.74, 6) is -1.31. The Morgan fingerprint density at radius 3 is 2.28 bits per heavy atom. The summed E-state index contributed by atoms with van der Waals surface area (Å²) >= 11 is 5.83. The van der Waals surface area contributed by atoms with Crippen LogP contribution < -0.4 is 10.6 Å². The molecule has 6 nitrogen and oxygen atoms in total. The molecular weight excluding hydrogens is 392 g/mol. The molecule has 0 spiro atoms. The normalized spacial score (nSPS) is 11.6. The van der Waals surface area contributed by atoms with Crippen LogP contribution in [0.1, 0.15) is 36.2 Å². The molecule has 0 heterocycles. The Bertz CT molecular complexity index is 822. The maximum atomic E-state index is 12.4. The van der Waals surface area contributed by atoms with Crippen molar-refractivity contribution in [1.82, 2.24) is 10.6 Å². The first-order chi connectivity index (χ1) is 13.8. The lowest BCUT2D eigenvalue weighted by molar-refractivity contribution is -0.150. The van der Waals surface area contributed by atoms with Crippen molar-refractivity contribution in [2.24, 2.45) is 5.92 Å². The van der Waals surface area contributed by atoms with Gasteiger partial charge in [-0.2, -0.15) is 0 Å². The molecule has 0 radical (unpaired) electrons. The monoisotopic (exact) mass is 416 g/mol. The molecule has 0 fully saturated rings. The SMILES string of the molecule is CC(C)CC(NC(=O)c1ccc(Cl)cc1)C(=O)OCC(=O)NCc1ccccc1. The number of esters is 1. The predicted molar refractivity (Wildman–Crippen MR) is 111 cm³/mol. The number of carbonyl (C=O) groups excluding carboxylic acids is 3. The molecule has 0 saturated heterocycles. The van der Waals surface area contributed by atoms with Gasteiger partial charge in [0.15, 0.2) is 6.61 Å².